The molecule has 0 amide bonds. The Bertz CT molecular complexity index is 687. The Balaban J connectivity index is 2.13. The van der Waals surface area contributed by atoms with Crippen LogP contribution < -0.4 is 18.9 Å². The van der Waals surface area contributed by atoms with Crippen molar-refractivity contribution in [3.05, 3.63) is 42.0 Å². The van der Waals surface area contributed by atoms with Crippen molar-refractivity contribution in [1.82, 2.24) is 0 Å². The van der Waals surface area contributed by atoms with Crippen molar-refractivity contribution in [1.29, 1.82) is 0 Å². The lowest BCUT2D eigenvalue weighted by Gasteiger charge is -2.19. The fraction of sp³-hybridized carbons (Fsp3) is 0.400. The second kappa shape index (κ2) is 7.47. The molecule has 0 aromatic heterocycles. The standard InChI is InChI=1S/C20H26O4/c1-14-11-15(23-13-20(2,3)4)7-9-17(14)24-16-8-10-18(21-5)19(12-16)22-6/h7-12H,13H2,1-6H3. The van der Waals surface area contributed by atoms with E-state index in [4.69, 9.17) is 18.9 Å². The van der Waals surface area contributed by atoms with Gasteiger partial charge in [-0.1, -0.05) is 20.8 Å². The average Bonchev–Trinajstić information content (AvgIpc) is 2.54. The first-order valence-corrected chi connectivity index (χ1v) is 7.96. The first kappa shape index (κ1) is 18.0. The molecule has 24 heavy (non-hydrogen) atoms. The highest BCUT2D eigenvalue weighted by atomic mass is 16.5. The topological polar surface area (TPSA) is 36.9 Å². The molecule has 0 fully saturated rings. The van der Waals surface area contributed by atoms with Crippen molar-refractivity contribution in [3.63, 3.8) is 0 Å². The minimum Gasteiger partial charge on any atom is -0.493 e. The largest absolute Gasteiger partial charge is 0.493 e. The second-order valence-corrected chi connectivity index (χ2v) is 6.90. The zero-order valence-corrected chi connectivity index (χ0v) is 15.3. The minimum atomic E-state index is 0.128. The maximum absolute atomic E-state index is 5.96. The first-order chi connectivity index (χ1) is 11.3. The highest BCUT2D eigenvalue weighted by molar-refractivity contribution is 5.48. The molecule has 0 bridgehead atoms. The molecule has 0 aliphatic carbocycles. The Morgan fingerprint density at radius 1 is 0.792 bits per heavy atom. The Hall–Kier alpha value is -2.36. The van der Waals surface area contributed by atoms with E-state index in [0.717, 1.165) is 17.1 Å². The van der Waals surface area contributed by atoms with Gasteiger partial charge in [0.2, 0.25) is 0 Å². The van der Waals surface area contributed by atoms with Crippen molar-refractivity contribution in [2.45, 2.75) is 27.7 Å². The van der Waals surface area contributed by atoms with Gasteiger partial charge >= 0.3 is 0 Å². The smallest absolute Gasteiger partial charge is 0.164 e. The fourth-order valence-electron chi connectivity index (χ4n) is 2.13. The van der Waals surface area contributed by atoms with E-state index < -0.39 is 0 Å². The van der Waals surface area contributed by atoms with E-state index in [1.807, 2.05) is 43.3 Å². The number of hydrogen-bond donors (Lipinski definition) is 0. The predicted molar refractivity (Wildman–Crippen MR) is 95.7 cm³/mol. The van der Waals surface area contributed by atoms with E-state index in [0.29, 0.717) is 23.9 Å². The van der Waals surface area contributed by atoms with Gasteiger partial charge in [0.25, 0.3) is 0 Å². The highest BCUT2D eigenvalue weighted by Gasteiger charge is 2.12. The van der Waals surface area contributed by atoms with Gasteiger partial charge in [0.15, 0.2) is 11.5 Å². The third-order valence-electron chi connectivity index (χ3n) is 3.40. The van der Waals surface area contributed by atoms with Gasteiger partial charge in [-0.3, -0.25) is 0 Å². The van der Waals surface area contributed by atoms with Gasteiger partial charge in [-0.25, -0.2) is 0 Å². The maximum atomic E-state index is 5.96. The van der Waals surface area contributed by atoms with Gasteiger partial charge in [-0.2, -0.15) is 0 Å². The summed E-state index contributed by atoms with van der Waals surface area (Å²) in [5.74, 6) is 3.64. The van der Waals surface area contributed by atoms with Crippen LogP contribution >= 0.6 is 0 Å². The van der Waals surface area contributed by atoms with Crippen molar-refractivity contribution >= 4 is 0 Å². The van der Waals surface area contributed by atoms with Crippen molar-refractivity contribution < 1.29 is 18.9 Å². The van der Waals surface area contributed by atoms with Crippen LogP contribution in [0.1, 0.15) is 26.3 Å². The molecule has 2 aromatic rings. The van der Waals surface area contributed by atoms with E-state index in [1.165, 1.54) is 0 Å². The van der Waals surface area contributed by atoms with E-state index in [-0.39, 0.29) is 5.41 Å². The molecule has 4 heteroatoms. The molecule has 4 nitrogen and oxygen atoms in total. The van der Waals surface area contributed by atoms with Crippen LogP contribution in [0.15, 0.2) is 36.4 Å². The SMILES string of the molecule is COc1ccc(Oc2ccc(OCC(C)(C)C)cc2C)cc1OC. The zero-order valence-electron chi connectivity index (χ0n) is 15.3. The molecule has 0 aliphatic heterocycles. The average molecular weight is 330 g/mol. The molecule has 0 saturated heterocycles. The van der Waals surface area contributed by atoms with E-state index in [2.05, 4.69) is 20.8 Å². The number of methoxy groups -OCH3 is 2. The lowest BCUT2D eigenvalue weighted by molar-refractivity contribution is 0.197. The van der Waals surface area contributed by atoms with Gasteiger partial charge in [-0.15, -0.1) is 0 Å². The molecule has 0 saturated carbocycles. The Kier molecular flexibility index (Phi) is 5.60. The van der Waals surface area contributed by atoms with Crippen LogP contribution in [0.4, 0.5) is 0 Å². The molecule has 0 N–H and O–H groups in total. The summed E-state index contributed by atoms with van der Waals surface area (Å²) < 4.78 is 22.3. The van der Waals surface area contributed by atoms with Gasteiger partial charge in [0.1, 0.15) is 17.2 Å². The van der Waals surface area contributed by atoms with Crippen LogP contribution in [0.2, 0.25) is 0 Å². The molecule has 0 atom stereocenters. The lowest BCUT2D eigenvalue weighted by Crippen LogP contribution is -2.16. The van der Waals surface area contributed by atoms with Gasteiger partial charge < -0.3 is 18.9 Å². The van der Waals surface area contributed by atoms with Crippen LogP contribution in [0.5, 0.6) is 28.7 Å². The second-order valence-electron chi connectivity index (χ2n) is 6.90. The molecule has 0 spiro atoms. The van der Waals surface area contributed by atoms with Gasteiger partial charge in [0.05, 0.1) is 20.8 Å². The third kappa shape index (κ3) is 4.82. The summed E-state index contributed by atoms with van der Waals surface area (Å²) in [5.41, 5.74) is 1.14. The number of hydrogen-bond acceptors (Lipinski definition) is 4. The van der Waals surface area contributed by atoms with Gasteiger partial charge in [0, 0.05) is 6.07 Å². The molecule has 0 heterocycles. The summed E-state index contributed by atoms with van der Waals surface area (Å²) in [5, 5.41) is 0. The number of rotatable bonds is 6. The fourth-order valence-corrected chi connectivity index (χ4v) is 2.13. The summed E-state index contributed by atoms with van der Waals surface area (Å²) in [6.07, 6.45) is 0. The molecule has 0 aliphatic rings. The molecule has 0 radical (unpaired) electrons. The Labute approximate surface area is 144 Å². The van der Waals surface area contributed by atoms with Gasteiger partial charge in [-0.05, 0) is 48.2 Å². The molecular weight excluding hydrogens is 304 g/mol. The van der Waals surface area contributed by atoms with Crippen LogP contribution in [0, 0.1) is 12.3 Å². The van der Waals surface area contributed by atoms with Crippen LogP contribution in [-0.2, 0) is 0 Å². The monoisotopic (exact) mass is 330 g/mol. The molecule has 0 unspecified atom stereocenters. The minimum absolute atomic E-state index is 0.128. The third-order valence-corrected chi connectivity index (χ3v) is 3.40. The first-order valence-electron chi connectivity index (χ1n) is 7.96. The summed E-state index contributed by atoms with van der Waals surface area (Å²) >= 11 is 0. The number of aryl methyl sites for hydroxylation is 1. The van der Waals surface area contributed by atoms with E-state index in [1.54, 1.807) is 14.2 Å². The van der Waals surface area contributed by atoms with Crippen molar-refractivity contribution in [3.8, 4) is 28.7 Å². The maximum Gasteiger partial charge on any atom is 0.164 e. The van der Waals surface area contributed by atoms with Crippen LogP contribution in [0.3, 0.4) is 0 Å². The quantitative estimate of drug-likeness (QED) is 0.727. The lowest BCUT2D eigenvalue weighted by atomic mass is 9.99. The van der Waals surface area contributed by atoms with Crippen molar-refractivity contribution in [2.75, 3.05) is 20.8 Å². The normalized spacial score (nSPS) is 11.1. The Morgan fingerprint density at radius 3 is 2.00 bits per heavy atom. The number of benzene rings is 2. The zero-order chi connectivity index (χ0) is 17.7. The van der Waals surface area contributed by atoms with E-state index in [9.17, 15) is 0 Å². The summed E-state index contributed by atoms with van der Waals surface area (Å²) in [6.45, 7) is 9.11. The summed E-state index contributed by atoms with van der Waals surface area (Å²) in [4.78, 5) is 0. The van der Waals surface area contributed by atoms with E-state index >= 15 is 0 Å². The van der Waals surface area contributed by atoms with Crippen molar-refractivity contribution in [2.24, 2.45) is 5.41 Å². The predicted octanol–water partition coefficient (Wildman–Crippen LogP) is 5.23. The molecule has 2 rings (SSSR count). The summed E-state index contributed by atoms with van der Waals surface area (Å²) in [7, 11) is 3.22. The number of ether oxygens (including phenoxy) is 4. The molecule has 2 aromatic carbocycles. The van der Waals surface area contributed by atoms with Crippen LogP contribution in [-0.4, -0.2) is 20.8 Å². The Morgan fingerprint density at radius 2 is 1.42 bits per heavy atom. The molecule has 130 valence electrons. The summed E-state index contributed by atoms with van der Waals surface area (Å²) in [6, 6.07) is 11.3. The highest BCUT2D eigenvalue weighted by Crippen LogP contribution is 2.34. The van der Waals surface area contributed by atoms with Crippen LogP contribution in [0.25, 0.3) is 0 Å². The molecular formula is C20H26O4.